The average molecular weight is 285 g/mol. The van der Waals surface area contributed by atoms with Crippen molar-refractivity contribution in [2.75, 3.05) is 26.2 Å². The lowest BCUT2D eigenvalue weighted by molar-refractivity contribution is -0.129. The number of carbonyl (C=O) groups excluding carboxylic acids is 1. The number of rotatable bonds is 2. The number of amides is 1. The van der Waals surface area contributed by atoms with Crippen molar-refractivity contribution in [3.63, 3.8) is 0 Å². The van der Waals surface area contributed by atoms with Crippen LogP contribution in [0, 0.1) is 17.7 Å². The third-order valence-electron chi connectivity index (χ3n) is 4.04. The number of nitrogens with zero attached hydrogens (tertiary/aromatic N) is 1. The molecular weight excluding hydrogens is 267 g/mol. The lowest BCUT2D eigenvalue weighted by Gasteiger charge is -2.17. The maximum Gasteiger partial charge on any atom is 0.227 e. The molecule has 0 saturated carbocycles. The first-order chi connectivity index (χ1) is 8.74. The first-order valence-corrected chi connectivity index (χ1v) is 6.46. The number of halogens is 2. The van der Waals surface area contributed by atoms with Crippen molar-refractivity contribution in [3.8, 4) is 0 Å². The molecule has 104 valence electrons. The number of fused-ring (bicyclic) bond motifs is 1. The zero-order valence-corrected chi connectivity index (χ0v) is 11.5. The molecule has 0 bridgehead atoms. The predicted octanol–water partition coefficient (Wildman–Crippen LogP) is 1.47. The van der Waals surface area contributed by atoms with Gasteiger partial charge in [-0.05, 0) is 23.5 Å². The Balaban J connectivity index is 0.00000133. The van der Waals surface area contributed by atoms with Gasteiger partial charge < -0.3 is 10.2 Å². The van der Waals surface area contributed by atoms with Crippen molar-refractivity contribution < 1.29 is 9.18 Å². The van der Waals surface area contributed by atoms with Crippen LogP contribution in [0.2, 0.25) is 0 Å². The van der Waals surface area contributed by atoms with Gasteiger partial charge in [0.15, 0.2) is 0 Å². The van der Waals surface area contributed by atoms with Crippen LogP contribution in [0.5, 0.6) is 0 Å². The largest absolute Gasteiger partial charge is 0.342 e. The average Bonchev–Trinajstić information content (AvgIpc) is 2.92. The molecule has 19 heavy (non-hydrogen) atoms. The van der Waals surface area contributed by atoms with E-state index in [2.05, 4.69) is 5.32 Å². The Hall–Kier alpha value is -1.13. The number of carbonyl (C=O) groups is 1. The lowest BCUT2D eigenvalue weighted by Crippen LogP contribution is -2.33. The molecule has 2 atom stereocenters. The fraction of sp³-hybridized carbons (Fsp3) is 0.500. The summed E-state index contributed by atoms with van der Waals surface area (Å²) in [6.07, 6.45) is 0.180. The highest BCUT2D eigenvalue weighted by atomic mass is 35.5. The van der Waals surface area contributed by atoms with Gasteiger partial charge in [-0.1, -0.05) is 18.2 Å². The molecule has 1 N–H and O–H groups in total. The first-order valence-electron chi connectivity index (χ1n) is 6.46. The molecule has 1 aromatic carbocycles. The number of hydrogen-bond donors (Lipinski definition) is 1. The Kier molecular flexibility index (Phi) is 4.42. The van der Waals surface area contributed by atoms with Crippen molar-refractivity contribution in [1.82, 2.24) is 10.2 Å². The Morgan fingerprint density at radius 3 is 2.53 bits per heavy atom. The van der Waals surface area contributed by atoms with Crippen molar-refractivity contribution >= 4 is 18.3 Å². The fourth-order valence-corrected chi connectivity index (χ4v) is 2.98. The molecule has 0 aromatic heterocycles. The van der Waals surface area contributed by atoms with Gasteiger partial charge in [0.05, 0.1) is 6.42 Å². The summed E-state index contributed by atoms with van der Waals surface area (Å²) in [7, 11) is 0. The number of hydrogen-bond acceptors (Lipinski definition) is 2. The molecule has 3 nitrogen and oxygen atoms in total. The van der Waals surface area contributed by atoms with Crippen LogP contribution in [0.1, 0.15) is 5.56 Å². The normalized spacial score (nSPS) is 25.0. The van der Waals surface area contributed by atoms with Crippen LogP contribution >= 0.6 is 12.4 Å². The number of benzene rings is 1. The van der Waals surface area contributed by atoms with Crippen LogP contribution in [-0.4, -0.2) is 37.0 Å². The maximum atomic E-state index is 13.5. The van der Waals surface area contributed by atoms with Gasteiger partial charge in [-0.15, -0.1) is 12.4 Å². The summed E-state index contributed by atoms with van der Waals surface area (Å²) in [6, 6.07) is 6.51. The van der Waals surface area contributed by atoms with E-state index in [4.69, 9.17) is 0 Å². The van der Waals surface area contributed by atoms with E-state index in [0.717, 1.165) is 26.2 Å². The second-order valence-corrected chi connectivity index (χ2v) is 5.25. The van der Waals surface area contributed by atoms with E-state index < -0.39 is 0 Å². The van der Waals surface area contributed by atoms with Crippen molar-refractivity contribution in [2.24, 2.45) is 11.8 Å². The van der Waals surface area contributed by atoms with E-state index >= 15 is 0 Å². The molecule has 3 rings (SSSR count). The molecule has 1 amide bonds. The Morgan fingerprint density at radius 2 is 1.89 bits per heavy atom. The molecule has 1 aromatic rings. The highest BCUT2D eigenvalue weighted by Gasteiger charge is 2.37. The van der Waals surface area contributed by atoms with Crippen LogP contribution in [-0.2, 0) is 11.2 Å². The van der Waals surface area contributed by atoms with E-state index in [1.54, 1.807) is 18.2 Å². The monoisotopic (exact) mass is 284 g/mol. The zero-order valence-electron chi connectivity index (χ0n) is 10.6. The van der Waals surface area contributed by atoms with Gasteiger partial charge in [-0.3, -0.25) is 4.79 Å². The first kappa shape index (κ1) is 14.3. The molecule has 2 aliphatic rings. The van der Waals surface area contributed by atoms with Gasteiger partial charge in [0.25, 0.3) is 0 Å². The quantitative estimate of drug-likeness (QED) is 0.892. The van der Waals surface area contributed by atoms with Crippen LogP contribution in [0.15, 0.2) is 24.3 Å². The van der Waals surface area contributed by atoms with E-state index in [-0.39, 0.29) is 30.6 Å². The van der Waals surface area contributed by atoms with Gasteiger partial charge >= 0.3 is 0 Å². The number of likely N-dealkylation sites (tertiary alicyclic amines) is 1. The summed E-state index contributed by atoms with van der Waals surface area (Å²) in [4.78, 5) is 14.0. The van der Waals surface area contributed by atoms with Crippen molar-refractivity contribution in [2.45, 2.75) is 6.42 Å². The third kappa shape index (κ3) is 2.90. The smallest absolute Gasteiger partial charge is 0.227 e. The second kappa shape index (κ2) is 5.88. The minimum atomic E-state index is -0.285. The fourth-order valence-electron chi connectivity index (χ4n) is 2.98. The molecule has 2 fully saturated rings. The minimum Gasteiger partial charge on any atom is -0.342 e. The zero-order chi connectivity index (χ0) is 12.5. The Bertz CT molecular complexity index is 457. The van der Waals surface area contributed by atoms with Gasteiger partial charge in [0.1, 0.15) is 5.82 Å². The SMILES string of the molecule is Cl.O=C(Cc1ccccc1F)N1C[C@H]2CNC[C@H]2C1. The molecule has 2 heterocycles. The number of nitrogens with one attached hydrogen (secondary N) is 1. The summed E-state index contributed by atoms with van der Waals surface area (Å²) in [5, 5.41) is 3.34. The van der Waals surface area contributed by atoms with Gasteiger partial charge in [-0.25, -0.2) is 4.39 Å². The molecule has 2 aliphatic heterocycles. The van der Waals surface area contributed by atoms with Crippen LogP contribution in [0.3, 0.4) is 0 Å². The van der Waals surface area contributed by atoms with Crippen LogP contribution in [0.4, 0.5) is 4.39 Å². The Labute approximate surface area is 118 Å². The molecule has 0 unspecified atom stereocenters. The topological polar surface area (TPSA) is 32.3 Å². The van der Waals surface area contributed by atoms with E-state index in [1.165, 1.54) is 6.07 Å². The third-order valence-corrected chi connectivity index (χ3v) is 4.04. The van der Waals surface area contributed by atoms with Gasteiger partial charge in [-0.2, -0.15) is 0 Å². The van der Waals surface area contributed by atoms with E-state index in [1.807, 2.05) is 4.90 Å². The molecule has 5 heteroatoms. The Morgan fingerprint density at radius 1 is 1.26 bits per heavy atom. The van der Waals surface area contributed by atoms with E-state index in [9.17, 15) is 9.18 Å². The predicted molar refractivity (Wildman–Crippen MR) is 73.8 cm³/mol. The molecule has 0 radical (unpaired) electrons. The molecule has 0 spiro atoms. The molecular formula is C14H18ClFN2O. The summed E-state index contributed by atoms with van der Waals surface area (Å²) in [6.45, 7) is 3.66. The highest BCUT2D eigenvalue weighted by molar-refractivity contribution is 5.85. The molecule has 0 aliphatic carbocycles. The second-order valence-electron chi connectivity index (χ2n) is 5.25. The summed E-state index contributed by atoms with van der Waals surface area (Å²) in [5.74, 6) is 0.950. The lowest BCUT2D eigenvalue weighted by atomic mass is 10.0. The van der Waals surface area contributed by atoms with Gasteiger partial charge in [0.2, 0.25) is 5.91 Å². The highest BCUT2D eigenvalue weighted by Crippen LogP contribution is 2.26. The van der Waals surface area contributed by atoms with Crippen molar-refractivity contribution in [3.05, 3.63) is 35.6 Å². The van der Waals surface area contributed by atoms with Crippen LogP contribution in [0.25, 0.3) is 0 Å². The minimum absolute atomic E-state index is 0. The summed E-state index contributed by atoms with van der Waals surface area (Å²) in [5.41, 5.74) is 0.498. The molecule has 2 saturated heterocycles. The van der Waals surface area contributed by atoms with Crippen LogP contribution < -0.4 is 5.32 Å². The summed E-state index contributed by atoms with van der Waals surface area (Å²) >= 11 is 0. The van der Waals surface area contributed by atoms with Gasteiger partial charge in [0, 0.05) is 26.2 Å². The van der Waals surface area contributed by atoms with E-state index in [0.29, 0.717) is 17.4 Å². The summed E-state index contributed by atoms with van der Waals surface area (Å²) < 4.78 is 13.5. The standard InChI is InChI=1S/C14H17FN2O.ClH/c15-13-4-2-1-3-10(13)5-14(18)17-8-11-6-16-7-12(11)9-17;/h1-4,11-12,16H,5-9H2;1H/t11-,12+;. The van der Waals surface area contributed by atoms with Crippen molar-refractivity contribution in [1.29, 1.82) is 0 Å². The maximum absolute atomic E-state index is 13.5.